The molecule has 7 heteroatoms. The summed E-state index contributed by atoms with van der Waals surface area (Å²) in [6, 6.07) is 29.2. The molecule has 0 aliphatic carbocycles. The zero-order valence-electron chi connectivity index (χ0n) is 16.2. The van der Waals surface area contributed by atoms with Gasteiger partial charge in [0.05, 0.1) is 0 Å². The summed E-state index contributed by atoms with van der Waals surface area (Å²) in [5.74, 6) is 0. The molecule has 0 amide bonds. The van der Waals surface area contributed by atoms with Crippen LogP contribution in [0.3, 0.4) is 0 Å². The first-order chi connectivity index (χ1) is 15.0. The number of nitrogens with zero attached hydrogens (tertiary/aromatic N) is 2. The Morgan fingerprint density at radius 1 is 0.516 bits per heavy atom. The normalized spacial score (nSPS) is 10.6. The summed E-state index contributed by atoms with van der Waals surface area (Å²) >= 11 is -0.0449. The number of nitro benzene ring substituents is 2. The molecule has 4 aromatic carbocycles. The van der Waals surface area contributed by atoms with Crippen LogP contribution >= 0.6 is 0 Å². The maximum atomic E-state index is 11.0. The monoisotopic (exact) mass is 476 g/mol. The average molecular weight is 475 g/mol. The van der Waals surface area contributed by atoms with E-state index in [2.05, 4.69) is 12.1 Å². The van der Waals surface area contributed by atoms with E-state index in [0.29, 0.717) is 0 Å². The van der Waals surface area contributed by atoms with E-state index in [9.17, 15) is 20.2 Å². The molecule has 0 aliphatic heterocycles. The minimum absolute atomic E-state index is 0.0449. The van der Waals surface area contributed by atoms with Crippen LogP contribution in [0.15, 0.2) is 97.1 Å². The Labute approximate surface area is 184 Å². The average Bonchev–Trinajstić information content (AvgIpc) is 2.80. The van der Waals surface area contributed by atoms with Crippen molar-refractivity contribution in [2.24, 2.45) is 0 Å². The Balaban J connectivity index is 1.70. The summed E-state index contributed by atoms with van der Waals surface area (Å²) in [5, 5.41) is 21.9. The molecule has 0 bridgehead atoms. The van der Waals surface area contributed by atoms with Crippen molar-refractivity contribution in [3.05, 3.63) is 117 Å². The fourth-order valence-electron chi connectivity index (χ4n) is 3.23. The second-order valence-corrected chi connectivity index (χ2v) is 8.98. The summed E-state index contributed by atoms with van der Waals surface area (Å²) in [4.78, 5) is 21.1. The van der Waals surface area contributed by atoms with E-state index in [1.165, 1.54) is 24.3 Å². The molecule has 0 unspecified atom stereocenters. The molecule has 0 N–H and O–H groups in total. The van der Waals surface area contributed by atoms with E-state index >= 15 is 0 Å². The summed E-state index contributed by atoms with van der Waals surface area (Å²) < 4.78 is 2.30. The van der Waals surface area contributed by atoms with Crippen molar-refractivity contribution < 1.29 is 9.85 Å². The Morgan fingerprint density at radius 3 is 1.23 bits per heavy atom. The van der Waals surface area contributed by atoms with Gasteiger partial charge in [-0.3, -0.25) is 0 Å². The molecule has 0 fully saturated rings. The second kappa shape index (κ2) is 8.91. The van der Waals surface area contributed by atoms with Gasteiger partial charge in [0, 0.05) is 0 Å². The van der Waals surface area contributed by atoms with Crippen LogP contribution in [-0.4, -0.2) is 24.8 Å². The first kappa shape index (κ1) is 20.5. The van der Waals surface area contributed by atoms with Gasteiger partial charge in [-0.2, -0.15) is 0 Å². The third-order valence-electron chi connectivity index (χ3n) is 4.77. The molecule has 4 aromatic rings. The molecule has 0 heterocycles. The van der Waals surface area contributed by atoms with Gasteiger partial charge in [-0.15, -0.1) is 0 Å². The van der Waals surface area contributed by atoms with E-state index in [-0.39, 0.29) is 26.3 Å². The van der Waals surface area contributed by atoms with Crippen molar-refractivity contribution in [2.75, 3.05) is 0 Å². The third kappa shape index (κ3) is 4.53. The van der Waals surface area contributed by atoms with Crippen molar-refractivity contribution in [1.29, 1.82) is 0 Å². The molecule has 0 saturated heterocycles. The van der Waals surface area contributed by atoms with E-state index < -0.39 is 9.85 Å². The van der Waals surface area contributed by atoms with Crippen LogP contribution in [0.4, 0.5) is 11.4 Å². The van der Waals surface area contributed by atoms with Gasteiger partial charge >= 0.3 is 185 Å². The molecular weight excluding hydrogens is 459 g/mol. The van der Waals surface area contributed by atoms with E-state index in [0.717, 1.165) is 31.2 Å². The molecule has 6 nitrogen and oxygen atoms in total. The predicted octanol–water partition coefficient (Wildman–Crippen LogP) is 4.49. The first-order valence-electron chi connectivity index (χ1n) is 9.38. The number of nitro groups is 2. The Morgan fingerprint density at radius 2 is 0.871 bits per heavy atom. The number of benzene rings is 4. The zero-order chi connectivity index (χ0) is 21.8. The van der Waals surface area contributed by atoms with Crippen LogP contribution in [0, 0.1) is 20.2 Å². The van der Waals surface area contributed by atoms with Gasteiger partial charge in [-0.25, -0.2) is 0 Å². The van der Waals surface area contributed by atoms with Crippen molar-refractivity contribution >= 4 is 35.3 Å². The van der Waals surface area contributed by atoms with Crippen molar-refractivity contribution in [1.82, 2.24) is 0 Å². The second-order valence-electron chi connectivity index (χ2n) is 6.70. The summed E-state index contributed by atoms with van der Waals surface area (Å²) in [7, 11) is 0. The van der Waals surface area contributed by atoms with Crippen molar-refractivity contribution in [2.45, 2.75) is 0 Å². The fourth-order valence-corrected chi connectivity index (χ4v) is 5.59. The van der Waals surface area contributed by atoms with Crippen molar-refractivity contribution in [3.63, 3.8) is 0 Å². The summed E-state index contributed by atoms with van der Waals surface area (Å²) in [6.45, 7) is 0. The molecule has 4 rings (SSSR count). The van der Waals surface area contributed by atoms with Gasteiger partial charge in [0.1, 0.15) is 0 Å². The topological polar surface area (TPSA) is 86.3 Å². The van der Waals surface area contributed by atoms with Crippen LogP contribution in [0.1, 0.15) is 0 Å². The molecule has 31 heavy (non-hydrogen) atoms. The molecule has 0 saturated carbocycles. The van der Waals surface area contributed by atoms with Crippen LogP contribution < -0.4 is 8.92 Å². The Hall–Kier alpha value is -3.80. The van der Waals surface area contributed by atoms with Crippen molar-refractivity contribution in [3.8, 4) is 22.3 Å². The van der Waals surface area contributed by atoms with Crippen LogP contribution in [0.25, 0.3) is 22.3 Å². The zero-order valence-corrected chi connectivity index (χ0v) is 17.9. The number of hydrogen-bond donors (Lipinski definition) is 0. The fraction of sp³-hybridized carbons (Fsp3) is 0. The molecule has 0 spiro atoms. The Kier molecular flexibility index (Phi) is 5.89. The SMILES string of the molecule is O=[N+]([O-])c1ccc(-c2ccccc2[Se]c2ccccc2-c2ccc([N+](=O)[O-])cc2)cc1. The van der Waals surface area contributed by atoms with Gasteiger partial charge in [-0.1, -0.05) is 0 Å². The molecule has 0 aliphatic rings. The third-order valence-corrected chi connectivity index (χ3v) is 7.19. The van der Waals surface area contributed by atoms with E-state index in [4.69, 9.17) is 0 Å². The molecule has 152 valence electrons. The standard InChI is InChI=1S/C24H16N2O4Se/c27-25(28)19-13-9-17(10-14-19)21-5-1-3-7-23(21)31-24-8-4-2-6-22(24)18-11-15-20(16-12-18)26(29)30/h1-16H. The quantitative estimate of drug-likeness (QED) is 0.234. The molecule has 0 aromatic heterocycles. The summed E-state index contributed by atoms with van der Waals surface area (Å²) in [6.07, 6.45) is 0. The minimum atomic E-state index is -0.403. The predicted molar refractivity (Wildman–Crippen MR) is 122 cm³/mol. The van der Waals surface area contributed by atoms with E-state index in [1.807, 2.05) is 36.4 Å². The van der Waals surface area contributed by atoms with Gasteiger partial charge in [0.15, 0.2) is 0 Å². The molecule has 0 atom stereocenters. The van der Waals surface area contributed by atoms with Gasteiger partial charge in [0.25, 0.3) is 0 Å². The van der Waals surface area contributed by atoms with Crippen LogP contribution in [0.2, 0.25) is 0 Å². The van der Waals surface area contributed by atoms with E-state index in [1.54, 1.807) is 24.3 Å². The van der Waals surface area contributed by atoms with Gasteiger partial charge in [0.2, 0.25) is 0 Å². The van der Waals surface area contributed by atoms with Gasteiger partial charge in [-0.05, 0) is 0 Å². The maximum absolute atomic E-state index is 11.0. The Bertz CT molecular complexity index is 1160. The number of rotatable bonds is 6. The van der Waals surface area contributed by atoms with Crippen LogP contribution in [0.5, 0.6) is 0 Å². The first-order valence-corrected chi connectivity index (χ1v) is 11.1. The molecule has 0 radical (unpaired) electrons. The van der Waals surface area contributed by atoms with Gasteiger partial charge < -0.3 is 0 Å². The number of hydrogen-bond acceptors (Lipinski definition) is 4. The summed E-state index contributed by atoms with van der Waals surface area (Å²) in [5.41, 5.74) is 4.06. The molecular formula is C24H16N2O4Se. The number of non-ortho nitro benzene ring substituents is 2. The van der Waals surface area contributed by atoms with Crippen LogP contribution in [-0.2, 0) is 0 Å².